The summed E-state index contributed by atoms with van der Waals surface area (Å²) in [6.07, 6.45) is -4.53. The number of fused-ring (bicyclic) bond motifs is 1. The van der Waals surface area contributed by atoms with Gasteiger partial charge in [0.2, 0.25) is 18.0 Å². The van der Waals surface area contributed by atoms with Crippen LogP contribution in [0.3, 0.4) is 0 Å². The monoisotopic (exact) mass is 379 g/mol. The van der Waals surface area contributed by atoms with Crippen LogP contribution in [0.4, 0.5) is 18.0 Å². The van der Waals surface area contributed by atoms with Gasteiger partial charge in [-0.3, -0.25) is 14.3 Å². The number of aromatic nitrogens is 1. The van der Waals surface area contributed by atoms with Crippen molar-refractivity contribution in [3.63, 3.8) is 0 Å². The predicted octanol–water partition coefficient (Wildman–Crippen LogP) is 1.27. The number of rotatable bonds is 5. The van der Waals surface area contributed by atoms with Gasteiger partial charge in [0.15, 0.2) is 5.69 Å². The highest BCUT2D eigenvalue weighted by Gasteiger charge is 2.44. The molecule has 1 N–H and O–H groups in total. The van der Waals surface area contributed by atoms with Crippen LogP contribution in [0.15, 0.2) is 17.1 Å². The number of nitrogens with zero attached hydrogens (tertiary/aromatic N) is 2. The second kappa shape index (κ2) is 7.54. The maximum absolute atomic E-state index is 12.9. The van der Waals surface area contributed by atoms with Gasteiger partial charge in [-0.05, 0) is 13.8 Å². The van der Waals surface area contributed by atoms with Gasteiger partial charge in [0.05, 0.1) is 6.61 Å². The number of nitrogens with one attached hydrogen (secondary N) is 1. The van der Waals surface area contributed by atoms with E-state index in [1.165, 1.54) is 6.20 Å². The second-order valence-electron chi connectivity index (χ2n) is 5.13. The van der Waals surface area contributed by atoms with Crippen molar-refractivity contribution in [1.29, 1.82) is 0 Å². The minimum absolute atomic E-state index is 0.0505. The highest BCUT2D eigenvalue weighted by molar-refractivity contribution is 5.96. The van der Waals surface area contributed by atoms with Gasteiger partial charge in [-0.25, -0.2) is 4.79 Å². The summed E-state index contributed by atoms with van der Waals surface area (Å²) in [5, 5.41) is 0. The molecule has 0 saturated carbocycles. The molecule has 1 aliphatic heterocycles. The molecule has 0 spiro atoms. The van der Waals surface area contributed by atoms with Crippen LogP contribution in [-0.4, -0.2) is 53.9 Å². The van der Waals surface area contributed by atoms with Crippen LogP contribution >= 0.6 is 0 Å². The summed E-state index contributed by atoms with van der Waals surface area (Å²) in [4.78, 5) is 36.1. The fourth-order valence-electron chi connectivity index (χ4n) is 2.14. The number of alkyl halides is 3. The zero-order valence-corrected chi connectivity index (χ0v) is 13.8. The van der Waals surface area contributed by atoms with Gasteiger partial charge in [-0.1, -0.05) is 0 Å². The van der Waals surface area contributed by atoms with E-state index < -0.39 is 54.6 Å². The van der Waals surface area contributed by atoms with Crippen LogP contribution in [0.5, 0.6) is 5.75 Å². The first-order valence-electron chi connectivity index (χ1n) is 7.46. The Morgan fingerprint density at radius 2 is 2.04 bits per heavy atom. The van der Waals surface area contributed by atoms with Crippen LogP contribution in [-0.2, 0) is 9.47 Å². The van der Waals surface area contributed by atoms with E-state index in [-0.39, 0.29) is 6.61 Å². The Bertz CT molecular complexity index is 748. The van der Waals surface area contributed by atoms with Crippen LogP contribution in [0, 0.1) is 0 Å². The average Bonchev–Trinajstić information content (AvgIpc) is 2.56. The van der Waals surface area contributed by atoms with Gasteiger partial charge in [-0.2, -0.15) is 13.2 Å². The molecule has 1 aromatic rings. The first-order chi connectivity index (χ1) is 12.2. The summed E-state index contributed by atoms with van der Waals surface area (Å²) >= 11 is 0. The fraction of sp³-hybridized carbons (Fsp3) is 0.500. The lowest BCUT2D eigenvalue weighted by molar-refractivity contribution is -0.172. The third-order valence-electron chi connectivity index (χ3n) is 3.51. The number of amides is 1. The maximum Gasteiger partial charge on any atom is 0.511 e. The number of halogens is 3. The van der Waals surface area contributed by atoms with Gasteiger partial charge in [0.1, 0.15) is 12.7 Å². The van der Waals surface area contributed by atoms with Crippen molar-refractivity contribution in [3.05, 3.63) is 28.2 Å². The lowest BCUT2D eigenvalue weighted by atomic mass is 10.2. The van der Waals surface area contributed by atoms with Gasteiger partial charge in [-0.15, -0.1) is 0 Å². The summed E-state index contributed by atoms with van der Waals surface area (Å²) in [7, 11) is 0. The number of hydrogen-bond donors (Lipinski definition) is 1. The van der Waals surface area contributed by atoms with E-state index in [9.17, 15) is 27.6 Å². The first kappa shape index (κ1) is 19.4. The molecule has 0 bridgehead atoms. The summed E-state index contributed by atoms with van der Waals surface area (Å²) in [5.74, 6) is -1.61. The standard InChI is InChI=1S/C14H16F3N3O6/c1-3-24-13(23)26-7-25-11-9(21)4-5-20-10(11)12(22)19(6-18-20)8(2)14(15,16)17/h4-5,8,18H,3,6-7H2,1-2H3/t8-/m1/s1. The van der Waals surface area contributed by atoms with Crippen molar-refractivity contribution in [2.24, 2.45) is 0 Å². The van der Waals surface area contributed by atoms with Gasteiger partial charge in [0.25, 0.3) is 5.91 Å². The largest absolute Gasteiger partial charge is 0.511 e. The van der Waals surface area contributed by atoms with E-state index in [4.69, 9.17) is 4.74 Å². The summed E-state index contributed by atoms with van der Waals surface area (Å²) in [6.45, 7) is 1.24. The van der Waals surface area contributed by atoms with E-state index in [0.717, 1.165) is 17.7 Å². The Balaban J connectivity index is 2.26. The minimum Gasteiger partial charge on any atom is -0.451 e. The Morgan fingerprint density at radius 1 is 1.35 bits per heavy atom. The minimum atomic E-state index is -4.65. The van der Waals surface area contributed by atoms with Gasteiger partial charge >= 0.3 is 12.3 Å². The van der Waals surface area contributed by atoms with Gasteiger partial charge in [0, 0.05) is 12.3 Å². The molecule has 144 valence electrons. The molecular formula is C14H16F3N3O6. The van der Waals surface area contributed by atoms with Crippen molar-refractivity contribution >= 4 is 12.1 Å². The quantitative estimate of drug-likeness (QED) is 0.607. The van der Waals surface area contributed by atoms with E-state index in [0.29, 0.717) is 4.90 Å². The van der Waals surface area contributed by atoms with Crippen molar-refractivity contribution < 1.29 is 37.0 Å². The smallest absolute Gasteiger partial charge is 0.451 e. The molecule has 1 aromatic heterocycles. The Hall–Kier alpha value is -2.92. The predicted molar refractivity (Wildman–Crippen MR) is 80.2 cm³/mol. The van der Waals surface area contributed by atoms with E-state index in [1.54, 1.807) is 6.92 Å². The second-order valence-corrected chi connectivity index (χ2v) is 5.13. The molecule has 1 aliphatic rings. The fourth-order valence-corrected chi connectivity index (χ4v) is 2.14. The zero-order chi connectivity index (χ0) is 19.5. The molecular weight excluding hydrogens is 363 g/mol. The molecule has 12 heteroatoms. The van der Waals surface area contributed by atoms with Crippen LogP contribution in [0.25, 0.3) is 0 Å². The Kier molecular flexibility index (Phi) is 5.63. The van der Waals surface area contributed by atoms with E-state index >= 15 is 0 Å². The molecule has 0 aliphatic carbocycles. The van der Waals surface area contributed by atoms with Crippen LogP contribution < -0.4 is 15.6 Å². The molecule has 26 heavy (non-hydrogen) atoms. The lowest BCUT2D eigenvalue weighted by Gasteiger charge is -2.36. The SMILES string of the molecule is CCOC(=O)OCOc1c2n(ccc1=O)NCN([C@H](C)C(F)(F)F)C2=O. The van der Waals surface area contributed by atoms with Crippen LogP contribution in [0.1, 0.15) is 24.3 Å². The number of ether oxygens (including phenoxy) is 3. The normalized spacial score (nSPS) is 15.0. The molecule has 1 atom stereocenters. The molecule has 0 fully saturated rings. The average molecular weight is 379 g/mol. The zero-order valence-electron chi connectivity index (χ0n) is 13.8. The van der Waals surface area contributed by atoms with Crippen molar-refractivity contribution in [2.75, 3.05) is 25.5 Å². The lowest BCUT2D eigenvalue weighted by Crippen LogP contribution is -2.54. The molecule has 9 nitrogen and oxygen atoms in total. The first-order valence-corrected chi connectivity index (χ1v) is 7.46. The summed E-state index contributed by atoms with van der Waals surface area (Å²) in [5.41, 5.74) is 1.35. The van der Waals surface area contributed by atoms with Crippen molar-refractivity contribution in [2.45, 2.75) is 26.1 Å². The topological polar surface area (TPSA) is 99.1 Å². The Labute approximate surface area is 145 Å². The maximum atomic E-state index is 12.9. The molecule has 0 aromatic carbocycles. The highest BCUT2D eigenvalue weighted by atomic mass is 19.4. The van der Waals surface area contributed by atoms with Crippen molar-refractivity contribution in [3.8, 4) is 5.75 Å². The molecule has 2 rings (SSSR count). The molecule has 1 amide bonds. The van der Waals surface area contributed by atoms with Crippen molar-refractivity contribution in [1.82, 2.24) is 9.58 Å². The summed E-state index contributed by atoms with van der Waals surface area (Å²) in [6, 6.07) is -1.04. The third kappa shape index (κ3) is 4.00. The number of pyridine rings is 1. The Morgan fingerprint density at radius 3 is 2.65 bits per heavy atom. The third-order valence-corrected chi connectivity index (χ3v) is 3.51. The highest BCUT2D eigenvalue weighted by Crippen LogP contribution is 2.28. The van der Waals surface area contributed by atoms with Gasteiger partial charge < -0.3 is 24.5 Å². The molecule has 0 radical (unpaired) electrons. The summed E-state index contributed by atoms with van der Waals surface area (Å²) < 4.78 is 53.9. The number of carbonyl (C=O) groups excluding carboxylic acids is 2. The molecule has 0 unspecified atom stereocenters. The molecule has 0 saturated heterocycles. The number of carbonyl (C=O) groups is 2. The van der Waals surface area contributed by atoms with Crippen LogP contribution in [0.2, 0.25) is 0 Å². The number of hydrogen-bond acceptors (Lipinski definition) is 7. The van der Waals surface area contributed by atoms with E-state index in [2.05, 4.69) is 14.9 Å². The molecule has 2 heterocycles. The van der Waals surface area contributed by atoms with E-state index in [1.807, 2.05) is 0 Å².